The van der Waals surface area contributed by atoms with Crippen molar-refractivity contribution in [3.63, 3.8) is 0 Å². The van der Waals surface area contributed by atoms with E-state index in [1.807, 2.05) is 0 Å². The van der Waals surface area contributed by atoms with Gasteiger partial charge in [-0.1, -0.05) is 0 Å². The normalized spacial score (nSPS) is 22.6. The lowest BCUT2D eigenvalue weighted by Crippen LogP contribution is -2.61. The van der Waals surface area contributed by atoms with E-state index in [-0.39, 0.29) is 57.7 Å². The highest BCUT2D eigenvalue weighted by atomic mass is 16.8. The number of benzene rings is 3. The largest absolute Gasteiger partial charge is 0.508 e. The number of aromatic hydroxyl groups is 2. The van der Waals surface area contributed by atoms with Gasteiger partial charge in [-0.3, -0.25) is 14.6 Å². The van der Waals surface area contributed by atoms with Crippen LogP contribution in [0.1, 0.15) is 31.8 Å². The van der Waals surface area contributed by atoms with Gasteiger partial charge in [-0.05, 0) is 41.5 Å². The van der Waals surface area contributed by atoms with Gasteiger partial charge in [0, 0.05) is 52.6 Å². The number of nitrogens with zero attached hydrogens (tertiary/aromatic N) is 3. The van der Waals surface area contributed by atoms with Crippen LogP contribution in [0.3, 0.4) is 0 Å². The molecule has 49 heavy (non-hydrogen) atoms. The summed E-state index contributed by atoms with van der Waals surface area (Å²) >= 11 is 0. The number of nitrogens with one attached hydrogen (secondary N) is 2. The maximum absolute atomic E-state index is 14.4. The standard InChI is InChI=1S/C33H29N5O11/c39-11-13-5-6-34-9-14(13)10-35-37-31(46)24-22-17-3-1-15(41)7-19(17)36-26(22)27-23(25(24)32(37)47)18-4-2-16(42)8-20(18)38(27)49-33-30(45)29(44)28(43)21(12-40)48-33/h1-9,21,28-30,33,35-36,39-45H,10-12H2/t21-,28-,29+,30-,33+/m1/s1. The van der Waals surface area contributed by atoms with Crippen molar-refractivity contribution in [3.8, 4) is 11.5 Å². The number of phenolic OH excluding ortho intramolecular Hbond substituents is 2. The summed E-state index contributed by atoms with van der Waals surface area (Å²) in [6.07, 6.45) is -5.15. The van der Waals surface area contributed by atoms with Crippen molar-refractivity contribution >= 4 is 55.4 Å². The van der Waals surface area contributed by atoms with Crippen molar-refractivity contribution in [2.45, 2.75) is 43.9 Å². The van der Waals surface area contributed by atoms with Crippen molar-refractivity contribution in [2.75, 3.05) is 6.61 Å². The lowest BCUT2D eigenvalue weighted by Gasteiger charge is -2.39. The predicted octanol–water partition coefficient (Wildman–Crippen LogP) is 0.257. The molecule has 0 aliphatic carbocycles. The number of amides is 2. The topological polar surface area (TPSA) is 243 Å². The van der Waals surface area contributed by atoms with Gasteiger partial charge in [0.25, 0.3) is 18.1 Å². The number of pyridine rings is 1. The minimum atomic E-state index is -1.80. The van der Waals surface area contributed by atoms with Gasteiger partial charge in [0.15, 0.2) is 0 Å². The van der Waals surface area contributed by atoms with Crippen LogP contribution in [0.4, 0.5) is 0 Å². The summed E-state index contributed by atoms with van der Waals surface area (Å²) in [5.41, 5.74) is 5.08. The first-order valence-electron chi connectivity index (χ1n) is 15.2. The molecule has 16 heteroatoms. The van der Waals surface area contributed by atoms with Gasteiger partial charge in [-0.25, -0.2) is 10.4 Å². The number of aromatic nitrogens is 3. The molecule has 1 fully saturated rings. The fourth-order valence-corrected chi connectivity index (χ4v) is 6.79. The molecule has 0 radical (unpaired) electrons. The quantitative estimate of drug-likeness (QED) is 0.104. The lowest BCUT2D eigenvalue weighted by atomic mass is 9.96. The fourth-order valence-electron chi connectivity index (χ4n) is 6.79. The number of rotatable bonds is 7. The van der Waals surface area contributed by atoms with E-state index in [4.69, 9.17) is 9.57 Å². The van der Waals surface area contributed by atoms with Gasteiger partial charge in [-0.2, -0.15) is 4.73 Å². The Morgan fingerprint density at radius 3 is 2.33 bits per heavy atom. The van der Waals surface area contributed by atoms with Crippen LogP contribution in [0, 0.1) is 0 Å². The van der Waals surface area contributed by atoms with Crippen LogP contribution in [-0.2, 0) is 17.9 Å². The van der Waals surface area contributed by atoms with Gasteiger partial charge in [0.1, 0.15) is 41.4 Å². The van der Waals surface area contributed by atoms with Gasteiger partial charge >= 0.3 is 0 Å². The van der Waals surface area contributed by atoms with Crippen molar-refractivity contribution in [1.82, 2.24) is 25.1 Å². The Balaban J connectivity index is 1.38. The molecule has 6 aromatic rings. The highest BCUT2D eigenvalue weighted by molar-refractivity contribution is 6.39. The number of hydrogen-bond acceptors (Lipinski definition) is 13. The Labute approximate surface area is 274 Å². The molecule has 0 spiro atoms. The molecule has 16 nitrogen and oxygen atoms in total. The van der Waals surface area contributed by atoms with Crippen molar-refractivity contribution in [3.05, 3.63) is 77.1 Å². The molecule has 2 amide bonds. The molecule has 2 aliphatic heterocycles. The van der Waals surface area contributed by atoms with E-state index >= 15 is 0 Å². The summed E-state index contributed by atoms with van der Waals surface area (Å²) < 4.78 is 6.82. The van der Waals surface area contributed by atoms with E-state index < -0.39 is 49.1 Å². The van der Waals surface area contributed by atoms with E-state index in [1.54, 1.807) is 12.1 Å². The Morgan fingerprint density at radius 2 is 1.59 bits per heavy atom. The average Bonchev–Trinajstić information content (AvgIpc) is 3.70. The minimum Gasteiger partial charge on any atom is -0.508 e. The van der Waals surface area contributed by atoms with Gasteiger partial charge < -0.3 is 50.3 Å². The summed E-state index contributed by atoms with van der Waals surface area (Å²) in [7, 11) is 0. The van der Waals surface area contributed by atoms with Crippen LogP contribution in [0.15, 0.2) is 54.9 Å². The van der Waals surface area contributed by atoms with E-state index in [0.29, 0.717) is 32.8 Å². The predicted molar refractivity (Wildman–Crippen MR) is 170 cm³/mol. The van der Waals surface area contributed by atoms with Crippen molar-refractivity contribution in [2.24, 2.45) is 0 Å². The van der Waals surface area contributed by atoms with E-state index in [9.17, 15) is 45.3 Å². The molecule has 0 saturated carbocycles. The zero-order chi connectivity index (χ0) is 34.3. The van der Waals surface area contributed by atoms with Crippen LogP contribution in [0.25, 0.3) is 43.6 Å². The Hall–Kier alpha value is -5.33. The van der Waals surface area contributed by atoms with Gasteiger partial charge in [0.2, 0.25) is 0 Å². The third-order valence-electron chi connectivity index (χ3n) is 9.17. The molecule has 5 heterocycles. The number of aliphatic hydroxyl groups is 5. The monoisotopic (exact) mass is 671 g/mol. The maximum atomic E-state index is 14.4. The molecular weight excluding hydrogens is 642 g/mol. The molecule has 252 valence electrons. The summed E-state index contributed by atoms with van der Waals surface area (Å²) in [5.74, 6) is -1.65. The second-order valence-electron chi connectivity index (χ2n) is 12.0. The van der Waals surface area contributed by atoms with E-state index in [0.717, 1.165) is 5.01 Å². The lowest BCUT2D eigenvalue weighted by molar-refractivity contribution is -0.298. The van der Waals surface area contributed by atoms with Crippen molar-refractivity contribution < 1.29 is 54.9 Å². The van der Waals surface area contributed by atoms with Crippen molar-refractivity contribution in [1.29, 1.82) is 0 Å². The molecule has 3 aromatic heterocycles. The highest BCUT2D eigenvalue weighted by Crippen LogP contribution is 2.45. The summed E-state index contributed by atoms with van der Waals surface area (Å²) in [4.78, 5) is 42.1. The zero-order valence-corrected chi connectivity index (χ0v) is 25.3. The van der Waals surface area contributed by atoms with E-state index in [1.165, 1.54) is 47.5 Å². The van der Waals surface area contributed by atoms with Crippen LogP contribution in [0.5, 0.6) is 11.5 Å². The Kier molecular flexibility index (Phi) is 7.20. The molecule has 2 aliphatic rings. The van der Waals surface area contributed by atoms with Crippen LogP contribution < -0.4 is 10.3 Å². The second-order valence-corrected chi connectivity index (χ2v) is 12.0. The number of aromatic amines is 1. The molecule has 3 aromatic carbocycles. The second kappa shape index (κ2) is 11.4. The fraction of sp³-hybridized carbons (Fsp3) is 0.242. The Bertz CT molecular complexity index is 2330. The molecule has 0 unspecified atom stereocenters. The van der Waals surface area contributed by atoms with Crippen LogP contribution in [-0.4, -0.2) is 105 Å². The number of hydrogen-bond donors (Lipinski definition) is 9. The molecule has 9 N–H and O–H groups in total. The third-order valence-corrected chi connectivity index (χ3v) is 9.17. The number of ether oxygens (including phenoxy) is 1. The van der Waals surface area contributed by atoms with Gasteiger partial charge in [-0.15, -0.1) is 0 Å². The Morgan fingerprint density at radius 1 is 0.878 bits per heavy atom. The number of hydrazine groups is 1. The molecule has 5 atom stereocenters. The zero-order valence-electron chi connectivity index (χ0n) is 25.3. The van der Waals surface area contributed by atoms with Gasteiger partial charge in [0.05, 0.1) is 40.9 Å². The number of carbonyl (C=O) groups excluding carboxylic acids is 2. The summed E-state index contributed by atoms with van der Waals surface area (Å²) in [6.45, 7) is -1.02. The third kappa shape index (κ3) is 4.54. The minimum absolute atomic E-state index is 0.00520. The number of carbonyl (C=O) groups is 2. The summed E-state index contributed by atoms with van der Waals surface area (Å²) in [5, 5.41) is 74.4. The molecule has 0 bridgehead atoms. The number of fused-ring (bicyclic) bond motifs is 10. The number of imide groups is 1. The van der Waals surface area contributed by atoms with E-state index in [2.05, 4.69) is 15.4 Å². The molecule has 8 rings (SSSR count). The first-order chi connectivity index (χ1) is 23.6. The first-order valence-corrected chi connectivity index (χ1v) is 15.2. The molecular formula is C33H29N5O11. The SMILES string of the molecule is O=C1c2c(c3c4ccc(O)cc4n(O[C@@H]4O[C@H](CO)[C@@H](O)[C@H](O)[C@H]4O)c3c3[nH]c4cc(O)ccc4c23)C(=O)N1NCc1cnccc1CO. The number of H-pyrrole nitrogens is 1. The first kappa shape index (κ1) is 31.0. The molecule has 1 saturated heterocycles. The smallest absolute Gasteiger partial charge is 0.276 e. The summed E-state index contributed by atoms with van der Waals surface area (Å²) in [6, 6.07) is 10.3. The maximum Gasteiger partial charge on any atom is 0.276 e. The average molecular weight is 672 g/mol. The number of aliphatic hydroxyl groups excluding tert-OH is 5. The highest BCUT2D eigenvalue weighted by Gasteiger charge is 2.46. The van der Waals surface area contributed by atoms with Crippen LogP contribution >= 0.6 is 0 Å². The van der Waals surface area contributed by atoms with Crippen LogP contribution in [0.2, 0.25) is 0 Å². The number of phenols is 2.